The van der Waals surface area contributed by atoms with Crippen molar-refractivity contribution in [1.29, 1.82) is 0 Å². The summed E-state index contributed by atoms with van der Waals surface area (Å²) in [5.41, 5.74) is 5.70. The molecule has 150 valence electrons. The maximum Gasteiger partial charge on any atom is 0.0101 e. The molecule has 0 aliphatic carbocycles. The number of nitrogens with two attached hydrogens (primary N) is 1. The maximum atomic E-state index is 5.70. The predicted molar refractivity (Wildman–Crippen MR) is 115 cm³/mol. The van der Waals surface area contributed by atoms with Gasteiger partial charge in [-0.15, -0.1) is 0 Å². The molecule has 0 aliphatic heterocycles. The van der Waals surface area contributed by atoms with Crippen LogP contribution in [-0.4, -0.2) is 31.6 Å². The van der Waals surface area contributed by atoms with Gasteiger partial charge in [-0.05, 0) is 59.2 Å². The highest BCUT2D eigenvalue weighted by molar-refractivity contribution is 4.81. The van der Waals surface area contributed by atoms with Crippen LogP contribution >= 0.6 is 0 Å². The van der Waals surface area contributed by atoms with E-state index in [1.165, 1.54) is 96.3 Å². The Morgan fingerprint density at radius 3 is 1.64 bits per heavy atom. The van der Waals surface area contributed by atoms with Gasteiger partial charge in [-0.25, -0.2) is 0 Å². The largest absolute Gasteiger partial charge is 0.330 e. The Morgan fingerprint density at radius 1 is 0.680 bits per heavy atom. The molecule has 1 atom stereocenters. The van der Waals surface area contributed by atoms with Crippen molar-refractivity contribution in [2.75, 3.05) is 20.6 Å². The van der Waals surface area contributed by atoms with Crippen LogP contribution in [0.5, 0.6) is 0 Å². The molecule has 0 heterocycles. The number of unbranched alkanes of at least 4 members (excludes halogenated alkanes) is 12. The minimum absolute atomic E-state index is 0.682. The van der Waals surface area contributed by atoms with E-state index in [9.17, 15) is 0 Å². The first-order chi connectivity index (χ1) is 12.2. The molecule has 0 bridgehead atoms. The molecular weight excluding hydrogens is 304 g/mol. The average Bonchev–Trinajstić information content (AvgIpc) is 2.60. The molecule has 0 aliphatic rings. The van der Waals surface area contributed by atoms with E-state index in [0.717, 1.165) is 13.0 Å². The van der Waals surface area contributed by atoms with Crippen molar-refractivity contribution in [1.82, 2.24) is 4.90 Å². The monoisotopic (exact) mass is 352 g/mol. The minimum atomic E-state index is 0.682. The van der Waals surface area contributed by atoms with Gasteiger partial charge in [0.1, 0.15) is 0 Å². The SMILES string of the molecule is CCCCCCCC/C=C\CCCCCCCCC(CCN)N(C)C. The maximum absolute atomic E-state index is 5.70. The van der Waals surface area contributed by atoms with Crippen LogP contribution < -0.4 is 5.73 Å². The Balaban J connectivity index is 3.26. The van der Waals surface area contributed by atoms with Gasteiger partial charge in [-0.2, -0.15) is 0 Å². The van der Waals surface area contributed by atoms with Gasteiger partial charge >= 0.3 is 0 Å². The van der Waals surface area contributed by atoms with Gasteiger partial charge in [0.25, 0.3) is 0 Å². The topological polar surface area (TPSA) is 29.3 Å². The lowest BCUT2D eigenvalue weighted by molar-refractivity contribution is 0.260. The summed E-state index contributed by atoms with van der Waals surface area (Å²) in [5.74, 6) is 0. The Bertz CT molecular complexity index is 273. The molecule has 0 saturated heterocycles. The summed E-state index contributed by atoms with van der Waals surface area (Å²) in [6, 6.07) is 0.682. The third-order valence-electron chi connectivity index (χ3n) is 5.28. The van der Waals surface area contributed by atoms with E-state index < -0.39 is 0 Å². The molecule has 0 aromatic carbocycles. The van der Waals surface area contributed by atoms with Crippen LogP contribution in [0.25, 0.3) is 0 Å². The second-order valence-corrected chi connectivity index (χ2v) is 7.92. The lowest BCUT2D eigenvalue weighted by atomic mass is 10.0. The number of rotatable bonds is 19. The fraction of sp³-hybridized carbons (Fsp3) is 0.913. The molecule has 1 unspecified atom stereocenters. The van der Waals surface area contributed by atoms with Crippen LogP contribution in [0.3, 0.4) is 0 Å². The summed E-state index contributed by atoms with van der Waals surface area (Å²) in [5, 5.41) is 0. The molecule has 0 radical (unpaired) electrons. The molecular formula is C23H48N2. The first-order valence-corrected chi connectivity index (χ1v) is 11.2. The average molecular weight is 353 g/mol. The van der Waals surface area contributed by atoms with Crippen LogP contribution in [0.1, 0.15) is 110 Å². The van der Waals surface area contributed by atoms with E-state index >= 15 is 0 Å². The van der Waals surface area contributed by atoms with Gasteiger partial charge in [0.15, 0.2) is 0 Å². The molecule has 0 aromatic heterocycles. The second kappa shape index (κ2) is 20.0. The predicted octanol–water partition coefficient (Wildman–Crippen LogP) is 6.69. The highest BCUT2D eigenvalue weighted by Gasteiger charge is 2.09. The van der Waals surface area contributed by atoms with E-state index in [1.54, 1.807) is 0 Å². The summed E-state index contributed by atoms with van der Waals surface area (Å²) in [7, 11) is 4.36. The number of hydrogen-bond acceptors (Lipinski definition) is 2. The molecule has 2 N–H and O–H groups in total. The zero-order chi connectivity index (χ0) is 18.6. The molecule has 25 heavy (non-hydrogen) atoms. The number of hydrogen-bond donors (Lipinski definition) is 1. The molecule has 0 saturated carbocycles. The van der Waals surface area contributed by atoms with Crippen LogP contribution in [0.4, 0.5) is 0 Å². The van der Waals surface area contributed by atoms with E-state index in [2.05, 4.69) is 38.1 Å². The molecule has 0 amide bonds. The Hall–Kier alpha value is -0.340. The van der Waals surface area contributed by atoms with Crippen molar-refractivity contribution in [2.45, 2.75) is 116 Å². The Labute approximate surface area is 159 Å². The van der Waals surface area contributed by atoms with E-state index in [0.29, 0.717) is 6.04 Å². The van der Waals surface area contributed by atoms with Crippen molar-refractivity contribution >= 4 is 0 Å². The Kier molecular flexibility index (Phi) is 19.7. The molecule has 2 nitrogen and oxygen atoms in total. The van der Waals surface area contributed by atoms with Crippen molar-refractivity contribution in [3.05, 3.63) is 12.2 Å². The molecule has 0 spiro atoms. The van der Waals surface area contributed by atoms with Crippen LogP contribution in [0.15, 0.2) is 12.2 Å². The zero-order valence-corrected chi connectivity index (χ0v) is 17.8. The van der Waals surface area contributed by atoms with E-state index in [-0.39, 0.29) is 0 Å². The smallest absolute Gasteiger partial charge is 0.0101 e. The first-order valence-electron chi connectivity index (χ1n) is 11.2. The second-order valence-electron chi connectivity index (χ2n) is 7.92. The first kappa shape index (κ1) is 24.7. The number of allylic oxidation sites excluding steroid dienone is 2. The van der Waals surface area contributed by atoms with Gasteiger partial charge in [-0.1, -0.05) is 83.3 Å². The quantitative estimate of drug-likeness (QED) is 0.207. The lowest BCUT2D eigenvalue weighted by Gasteiger charge is -2.23. The molecule has 0 aromatic rings. The van der Waals surface area contributed by atoms with Crippen LogP contribution in [-0.2, 0) is 0 Å². The van der Waals surface area contributed by atoms with Crippen LogP contribution in [0, 0.1) is 0 Å². The molecule has 0 fully saturated rings. The van der Waals surface area contributed by atoms with Crippen molar-refractivity contribution in [3.8, 4) is 0 Å². The summed E-state index contributed by atoms with van der Waals surface area (Å²) < 4.78 is 0. The third-order valence-corrected chi connectivity index (χ3v) is 5.28. The van der Waals surface area contributed by atoms with Gasteiger partial charge < -0.3 is 10.6 Å². The third kappa shape index (κ3) is 18.3. The van der Waals surface area contributed by atoms with E-state index in [4.69, 9.17) is 5.73 Å². The normalized spacial score (nSPS) is 13.2. The summed E-state index contributed by atoms with van der Waals surface area (Å²) in [6.07, 6.45) is 26.7. The van der Waals surface area contributed by atoms with Gasteiger partial charge in [0.05, 0.1) is 0 Å². The van der Waals surface area contributed by atoms with Gasteiger partial charge in [-0.3, -0.25) is 0 Å². The molecule has 2 heteroatoms. The summed E-state index contributed by atoms with van der Waals surface area (Å²) in [4.78, 5) is 2.34. The van der Waals surface area contributed by atoms with Gasteiger partial charge in [0, 0.05) is 6.04 Å². The zero-order valence-electron chi connectivity index (χ0n) is 17.8. The highest BCUT2D eigenvalue weighted by atomic mass is 15.1. The fourth-order valence-corrected chi connectivity index (χ4v) is 3.48. The number of nitrogens with zero attached hydrogens (tertiary/aromatic N) is 1. The minimum Gasteiger partial charge on any atom is -0.330 e. The van der Waals surface area contributed by atoms with Crippen molar-refractivity contribution in [2.24, 2.45) is 5.73 Å². The van der Waals surface area contributed by atoms with Crippen molar-refractivity contribution < 1.29 is 0 Å². The summed E-state index contributed by atoms with van der Waals surface area (Å²) >= 11 is 0. The lowest BCUT2D eigenvalue weighted by Crippen LogP contribution is -2.30. The van der Waals surface area contributed by atoms with Crippen LogP contribution in [0.2, 0.25) is 0 Å². The standard InChI is InChI=1S/C23H48N2/c1-4-5-6-7-8-9-10-11-12-13-14-15-16-17-18-19-20-23(21-22-24)25(2)3/h11-12,23H,4-10,13-22,24H2,1-3H3/b12-11-. The highest BCUT2D eigenvalue weighted by Crippen LogP contribution is 2.13. The van der Waals surface area contributed by atoms with Crippen molar-refractivity contribution in [3.63, 3.8) is 0 Å². The fourth-order valence-electron chi connectivity index (χ4n) is 3.48. The summed E-state index contributed by atoms with van der Waals surface area (Å²) in [6.45, 7) is 3.10. The van der Waals surface area contributed by atoms with Gasteiger partial charge in [0.2, 0.25) is 0 Å². The molecule has 0 rings (SSSR count). The van der Waals surface area contributed by atoms with E-state index in [1.807, 2.05) is 0 Å². The Morgan fingerprint density at radius 2 is 1.16 bits per heavy atom.